The van der Waals surface area contributed by atoms with Gasteiger partial charge in [0.2, 0.25) is 17.7 Å². The van der Waals surface area contributed by atoms with Crippen molar-refractivity contribution in [2.75, 3.05) is 5.75 Å². The molecule has 7 heteroatoms. The zero-order valence-electron chi connectivity index (χ0n) is 13.5. The Balaban J connectivity index is 1.56. The Kier molecular flexibility index (Phi) is 4.62. The smallest absolute Gasteiger partial charge is 0.243 e. The summed E-state index contributed by atoms with van der Waals surface area (Å²) in [5, 5.41) is 5.55. The Hall–Kier alpha value is -2.28. The Morgan fingerprint density at radius 1 is 1.42 bits per heavy atom. The third kappa shape index (κ3) is 3.62. The van der Waals surface area contributed by atoms with Crippen molar-refractivity contribution in [1.29, 1.82) is 0 Å². The molecule has 0 unspecified atom stereocenters. The number of nitrogens with zero attached hydrogens (tertiary/aromatic N) is 1. The second kappa shape index (κ2) is 6.68. The quantitative estimate of drug-likeness (QED) is 0.885. The summed E-state index contributed by atoms with van der Waals surface area (Å²) < 4.78 is 4.94. The molecule has 0 radical (unpaired) electrons. The number of thioether (sulfide) groups is 1. The molecular weight excluding hydrogens is 326 g/mol. The molecular formula is C17H19N3O3S. The number of amides is 2. The third-order valence-corrected chi connectivity index (χ3v) is 5.20. The second-order valence-corrected chi connectivity index (χ2v) is 7.72. The van der Waals surface area contributed by atoms with Crippen LogP contribution < -0.4 is 10.6 Å². The molecule has 6 nitrogen and oxygen atoms in total. The lowest BCUT2D eigenvalue weighted by Crippen LogP contribution is -2.57. The van der Waals surface area contributed by atoms with E-state index in [0.29, 0.717) is 17.3 Å². The van der Waals surface area contributed by atoms with Crippen LogP contribution in [0.15, 0.2) is 41.0 Å². The molecule has 2 amide bonds. The fraction of sp³-hybridized carbons (Fsp3) is 0.353. The molecule has 126 valence electrons. The van der Waals surface area contributed by atoms with E-state index in [0.717, 1.165) is 5.56 Å². The SMILES string of the molecule is CC1(C)SC[C@H](C(=O)NCc2coc(-c3ccccc3)n2)NC1=O. The highest BCUT2D eigenvalue weighted by Gasteiger charge is 2.37. The van der Waals surface area contributed by atoms with Crippen molar-refractivity contribution in [2.45, 2.75) is 31.2 Å². The Morgan fingerprint density at radius 3 is 2.88 bits per heavy atom. The van der Waals surface area contributed by atoms with Crippen LogP contribution in [0.4, 0.5) is 0 Å². The van der Waals surface area contributed by atoms with E-state index in [4.69, 9.17) is 4.42 Å². The second-order valence-electron chi connectivity index (χ2n) is 6.08. The maximum Gasteiger partial charge on any atom is 0.243 e. The first-order valence-corrected chi connectivity index (χ1v) is 8.67. The van der Waals surface area contributed by atoms with Gasteiger partial charge in [-0.3, -0.25) is 9.59 Å². The van der Waals surface area contributed by atoms with Gasteiger partial charge in [-0.15, -0.1) is 11.8 Å². The molecule has 1 aliphatic rings. The molecule has 0 aliphatic carbocycles. The van der Waals surface area contributed by atoms with Gasteiger partial charge in [0.1, 0.15) is 12.3 Å². The number of hydrogen-bond donors (Lipinski definition) is 2. The van der Waals surface area contributed by atoms with E-state index in [-0.39, 0.29) is 18.4 Å². The van der Waals surface area contributed by atoms with E-state index in [1.54, 1.807) is 0 Å². The molecule has 1 aromatic carbocycles. The van der Waals surface area contributed by atoms with Crippen LogP contribution in [0.3, 0.4) is 0 Å². The van der Waals surface area contributed by atoms with E-state index in [1.165, 1.54) is 18.0 Å². The van der Waals surface area contributed by atoms with Gasteiger partial charge in [-0.05, 0) is 26.0 Å². The van der Waals surface area contributed by atoms with Crippen molar-refractivity contribution < 1.29 is 14.0 Å². The van der Waals surface area contributed by atoms with Crippen molar-refractivity contribution in [1.82, 2.24) is 15.6 Å². The highest BCUT2D eigenvalue weighted by molar-refractivity contribution is 8.01. The van der Waals surface area contributed by atoms with Crippen LogP contribution in [0.1, 0.15) is 19.5 Å². The first-order chi connectivity index (χ1) is 11.5. The van der Waals surface area contributed by atoms with Gasteiger partial charge in [0.25, 0.3) is 0 Å². The van der Waals surface area contributed by atoms with E-state index in [9.17, 15) is 9.59 Å². The van der Waals surface area contributed by atoms with Crippen molar-refractivity contribution in [3.8, 4) is 11.5 Å². The number of nitrogens with one attached hydrogen (secondary N) is 2. The lowest BCUT2D eigenvalue weighted by molar-refractivity contribution is -0.129. The first-order valence-electron chi connectivity index (χ1n) is 7.68. The Morgan fingerprint density at radius 2 is 2.17 bits per heavy atom. The van der Waals surface area contributed by atoms with Crippen molar-refractivity contribution >= 4 is 23.6 Å². The van der Waals surface area contributed by atoms with Gasteiger partial charge in [-0.25, -0.2) is 4.98 Å². The maximum absolute atomic E-state index is 12.2. The summed E-state index contributed by atoms with van der Waals surface area (Å²) in [6.45, 7) is 3.96. The Labute approximate surface area is 144 Å². The van der Waals surface area contributed by atoms with Crippen LogP contribution in [0, 0.1) is 0 Å². The molecule has 1 saturated heterocycles. The zero-order chi connectivity index (χ0) is 17.2. The molecule has 2 heterocycles. The fourth-order valence-electron chi connectivity index (χ4n) is 2.27. The summed E-state index contributed by atoms with van der Waals surface area (Å²) in [6.07, 6.45) is 1.53. The van der Waals surface area contributed by atoms with Crippen molar-refractivity contribution in [3.63, 3.8) is 0 Å². The molecule has 3 rings (SSSR count). The number of aromatic nitrogens is 1. The largest absolute Gasteiger partial charge is 0.444 e. The van der Waals surface area contributed by atoms with Crippen LogP contribution in [0.2, 0.25) is 0 Å². The van der Waals surface area contributed by atoms with E-state index in [2.05, 4.69) is 15.6 Å². The number of benzene rings is 1. The van der Waals surface area contributed by atoms with Gasteiger partial charge in [-0.1, -0.05) is 18.2 Å². The lowest BCUT2D eigenvalue weighted by Gasteiger charge is -2.32. The van der Waals surface area contributed by atoms with Crippen LogP contribution in [-0.4, -0.2) is 33.3 Å². The van der Waals surface area contributed by atoms with Crippen LogP contribution >= 0.6 is 11.8 Å². The van der Waals surface area contributed by atoms with Gasteiger partial charge in [0, 0.05) is 11.3 Å². The summed E-state index contributed by atoms with van der Waals surface area (Å²) in [5.74, 6) is 0.740. The number of carbonyl (C=O) groups is 2. The van der Waals surface area contributed by atoms with Gasteiger partial charge in [0.15, 0.2) is 0 Å². The predicted molar refractivity (Wildman–Crippen MR) is 92.3 cm³/mol. The standard InChI is InChI=1S/C17H19N3O3S/c1-17(2)16(22)20-13(10-24-17)14(21)18-8-12-9-23-15(19-12)11-6-4-3-5-7-11/h3-7,9,13H,8,10H2,1-2H3,(H,18,21)(H,20,22)/t13-/m1/s1. The van der Waals surface area contributed by atoms with Crippen molar-refractivity contribution in [2.24, 2.45) is 0 Å². The molecule has 24 heavy (non-hydrogen) atoms. The average molecular weight is 345 g/mol. The normalized spacial score (nSPS) is 19.6. The first kappa shape index (κ1) is 16.6. The molecule has 1 aliphatic heterocycles. The summed E-state index contributed by atoms with van der Waals surface area (Å²) >= 11 is 1.48. The number of carbonyl (C=O) groups excluding carboxylic acids is 2. The number of hydrogen-bond acceptors (Lipinski definition) is 5. The topological polar surface area (TPSA) is 84.2 Å². The van der Waals surface area contributed by atoms with Crippen LogP contribution in [0.25, 0.3) is 11.5 Å². The zero-order valence-corrected chi connectivity index (χ0v) is 14.4. The number of oxazole rings is 1. The van der Waals surface area contributed by atoms with E-state index in [1.807, 2.05) is 44.2 Å². The van der Waals surface area contributed by atoms with Gasteiger partial charge in [-0.2, -0.15) is 0 Å². The van der Waals surface area contributed by atoms with Crippen molar-refractivity contribution in [3.05, 3.63) is 42.3 Å². The highest BCUT2D eigenvalue weighted by Crippen LogP contribution is 2.29. The summed E-state index contributed by atoms with van der Waals surface area (Å²) in [4.78, 5) is 28.5. The highest BCUT2D eigenvalue weighted by atomic mass is 32.2. The van der Waals surface area contributed by atoms with Gasteiger partial charge in [0.05, 0.1) is 17.0 Å². The summed E-state index contributed by atoms with van der Waals surface area (Å²) in [5.41, 5.74) is 1.52. The minimum atomic E-state index is -0.518. The average Bonchev–Trinajstić information content (AvgIpc) is 3.05. The van der Waals surface area contributed by atoms with E-state index < -0.39 is 10.8 Å². The van der Waals surface area contributed by atoms with E-state index >= 15 is 0 Å². The molecule has 2 N–H and O–H groups in total. The molecule has 1 aromatic heterocycles. The third-order valence-electron chi connectivity index (χ3n) is 3.80. The maximum atomic E-state index is 12.2. The molecule has 2 aromatic rings. The monoisotopic (exact) mass is 345 g/mol. The minimum Gasteiger partial charge on any atom is -0.444 e. The lowest BCUT2D eigenvalue weighted by atomic mass is 10.1. The molecule has 0 saturated carbocycles. The van der Waals surface area contributed by atoms with Gasteiger partial charge < -0.3 is 15.1 Å². The summed E-state index contributed by atoms with van der Waals surface area (Å²) in [7, 11) is 0. The van der Waals surface area contributed by atoms with Crippen LogP contribution in [-0.2, 0) is 16.1 Å². The fourth-order valence-corrected chi connectivity index (χ4v) is 3.28. The van der Waals surface area contributed by atoms with Gasteiger partial charge >= 0.3 is 0 Å². The molecule has 0 bridgehead atoms. The summed E-state index contributed by atoms with van der Waals surface area (Å²) in [6, 6.07) is 9.04. The predicted octanol–water partition coefficient (Wildman–Crippen LogP) is 1.97. The molecule has 0 spiro atoms. The molecule has 1 atom stereocenters. The number of rotatable bonds is 4. The van der Waals surface area contributed by atoms with Crippen LogP contribution in [0.5, 0.6) is 0 Å². The minimum absolute atomic E-state index is 0.119. The Bertz CT molecular complexity index is 743. The molecule has 1 fully saturated rings.